The number of carbonyl (C=O) groups excluding carboxylic acids is 1. The number of halogens is 1. The number of nitrogens with zero attached hydrogens (tertiary/aromatic N) is 2. The number of benzene rings is 3. The molecular formula is C24H21ClN4O3S. The quantitative estimate of drug-likeness (QED) is 0.393. The molecule has 4 aromatic rings. The predicted molar refractivity (Wildman–Crippen MR) is 128 cm³/mol. The maximum Gasteiger partial charge on any atom is 0.261 e. The molecule has 0 bridgehead atoms. The van der Waals surface area contributed by atoms with Gasteiger partial charge in [-0.2, -0.15) is 0 Å². The molecule has 168 valence electrons. The largest absolute Gasteiger partial charge is 0.348 e. The molecule has 0 aliphatic rings. The number of anilines is 1. The molecule has 9 heteroatoms. The van der Waals surface area contributed by atoms with Crippen LogP contribution in [0.4, 0.5) is 5.69 Å². The van der Waals surface area contributed by atoms with Crippen molar-refractivity contribution < 1.29 is 13.2 Å². The zero-order chi connectivity index (χ0) is 23.3. The molecule has 0 saturated heterocycles. The number of nitrogens with one attached hydrogen (secondary N) is 2. The van der Waals surface area contributed by atoms with Crippen LogP contribution in [0.5, 0.6) is 0 Å². The molecule has 2 N–H and O–H groups in total. The van der Waals surface area contributed by atoms with Crippen LogP contribution in [0.25, 0.3) is 0 Å². The summed E-state index contributed by atoms with van der Waals surface area (Å²) in [6.45, 7) is 1.04. The highest BCUT2D eigenvalue weighted by molar-refractivity contribution is 7.92. The van der Waals surface area contributed by atoms with E-state index in [0.29, 0.717) is 6.54 Å². The van der Waals surface area contributed by atoms with Gasteiger partial charge in [-0.05, 0) is 41.5 Å². The molecule has 0 saturated carbocycles. The SMILES string of the molecule is O=C(NCc1ccc(Cn2ccnc2)cc1)c1cccc(S(=O)(=O)Nc2ccccc2Cl)c1. The van der Waals surface area contributed by atoms with E-state index in [-0.39, 0.29) is 27.1 Å². The Hall–Kier alpha value is -3.62. The zero-order valence-corrected chi connectivity index (χ0v) is 19.1. The van der Waals surface area contributed by atoms with Gasteiger partial charge in [-0.25, -0.2) is 13.4 Å². The Labute approximate surface area is 197 Å². The third-order valence-electron chi connectivity index (χ3n) is 4.93. The molecule has 0 aliphatic carbocycles. The van der Waals surface area contributed by atoms with Crippen LogP contribution in [0, 0.1) is 0 Å². The first-order valence-corrected chi connectivity index (χ1v) is 12.0. The van der Waals surface area contributed by atoms with Crippen LogP contribution < -0.4 is 10.0 Å². The van der Waals surface area contributed by atoms with Gasteiger partial charge >= 0.3 is 0 Å². The fraction of sp³-hybridized carbons (Fsp3) is 0.0833. The van der Waals surface area contributed by atoms with Gasteiger partial charge in [0.2, 0.25) is 0 Å². The second kappa shape index (κ2) is 9.89. The lowest BCUT2D eigenvalue weighted by Gasteiger charge is -2.11. The Morgan fingerprint density at radius 2 is 1.73 bits per heavy atom. The number of hydrogen-bond acceptors (Lipinski definition) is 4. The Morgan fingerprint density at radius 3 is 2.45 bits per heavy atom. The van der Waals surface area contributed by atoms with E-state index in [0.717, 1.165) is 17.7 Å². The van der Waals surface area contributed by atoms with Crippen molar-refractivity contribution in [3.05, 3.63) is 113 Å². The van der Waals surface area contributed by atoms with Crippen molar-refractivity contribution in [3.63, 3.8) is 0 Å². The normalized spacial score (nSPS) is 11.2. The van der Waals surface area contributed by atoms with Gasteiger partial charge in [-0.15, -0.1) is 0 Å². The van der Waals surface area contributed by atoms with Crippen molar-refractivity contribution in [2.24, 2.45) is 0 Å². The molecule has 1 heterocycles. The van der Waals surface area contributed by atoms with Crippen molar-refractivity contribution in [3.8, 4) is 0 Å². The minimum Gasteiger partial charge on any atom is -0.348 e. The summed E-state index contributed by atoms with van der Waals surface area (Å²) in [7, 11) is -3.91. The first-order chi connectivity index (χ1) is 15.9. The highest BCUT2D eigenvalue weighted by Gasteiger charge is 2.17. The van der Waals surface area contributed by atoms with E-state index in [4.69, 9.17) is 11.6 Å². The Kier molecular flexibility index (Phi) is 6.76. The topological polar surface area (TPSA) is 93.1 Å². The summed E-state index contributed by atoms with van der Waals surface area (Å²) in [5.74, 6) is -0.368. The Balaban J connectivity index is 1.40. The highest BCUT2D eigenvalue weighted by Crippen LogP contribution is 2.24. The summed E-state index contributed by atoms with van der Waals surface area (Å²) in [4.78, 5) is 16.6. The number of carbonyl (C=O) groups is 1. The number of sulfonamides is 1. The van der Waals surface area contributed by atoms with Gasteiger partial charge in [0.25, 0.3) is 15.9 Å². The maximum atomic E-state index is 12.7. The van der Waals surface area contributed by atoms with Crippen molar-refractivity contribution in [1.82, 2.24) is 14.9 Å². The number of imidazole rings is 1. The lowest BCUT2D eigenvalue weighted by atomic mass is 10.1. The Bertz CT molecular complexity index is 1350. The number of hydrogen-bond donors (Lipinski definition) is 2. The van der Waals surface area contributed by atoms with Crippen LogP contribution in [0.1, 0.15) is 21.5 Å². The molecule has 0 atom stereocenters. The van der Waals surface area contributed by atoms with Crippen molar-refractivity contribution >= 4 is 33.2 Å². The third-order valence-corrected chi connectivity index (χ3v) is 6.62. The number of aromatic nitrogens is 2. The van der Waals surface area contributed by atoms with Gasteiger partial charge in [0.05, 0.1) is 21.9 Å². The van der Waals surface area contributed by atoms with Crippen LogP contribution in [0.3, 0.4) is 0 Å². The zero-order valence-electron chi connectivity index (χ0n) is 17.5. The molecule has 1 aromatic heterocycles. The molecule has 0 fully saturated rings. The smallest absolute Gasteiger partial charge is 0.261 e. The van der Waals surface area contributed by atoms with Gasteiger partial charge in [0, 0.05) is 31.0 Å². The maximum absolute atomic E-state index is 12.7. The van der Waals surface area contributed by atoms with Gasteiger partial charge in [0.15, 0.2) is 0 Å². The average Bonchev–Trinajstić information content (AvgIpc) is 3.33. The van der Waals surface area contributed by atoms with E-state index in [1.807, 2.05) is 35.0 Å². The van der Waals surface area contributed by atoms with Crippen molar-refractivity contribution in [2.45, 2.75) is 18.0 Å². The minimum absolute atomic E-state index is 0.0288. The standard InChI is InChI=1S/C24H21ClN4O3S/c25-22-6-1-2-7-23(22)28-33(31,32)21-5-3-4-20(14-21)24(30)27-15-18-8-10-19(11-9-18)16-29-13-12-26-17-29/h1-14,17,28H,15-16H2,(H,27,30). The number of rotatable bonds is 8. The molecular weight excluding hydrogens is 460 g/mol. The molecule has 33 heavy (non-hydrogen) atoms. The second-order valence-electron chi connectivity index (χ2n) is 7.35. The fourth-order valence-corrected chi connectivity index (χ4v) is 4.55. The lowest BCUT2D eigenvalue weighted by molar-refractivity contribution is 0.0950. The second-order valence-corrected chi connectivity index (χ2v) is 9.44. The summed E-state index contributed by atoms with van der Waals surface area (Å²) in [5, 5.41) is 3.11. The highest BCUT2D eigenvalue weighted by atomic mass is 35.5. The molecule has 4 rings (SSSR count). The first-order valence-electron chi connectivity index (χ1n) is 10.1. The molecule has 0 radical (unpaired) electrons. The van der Waals surface area contributed by atoms with Crippen LogP contribution in [-0.4, -0.2) is 23.9 Å². The van der Waals surface area contributed by atoms with Gasteiger partial charge in [-0.3, -0.25) is 9.52 Å². The summed E-state index contributed by atoms with van der Waals surface area (Å²) in [6, 6.07) is 20.3. The van der Waals surface area contributed by atoms with Gasteiger partial charge in [-0.1, -0.05) is 54.1 Å². The molecule has 0 spiro atoms. The average molecular weight is 481 g/mol. The van der Waals surface area contributed by atoms with E-state index < -0.39 is 10.0 Å². The molecule has 3 aromatic carbocycles. The van der Waals surface area contributed by atoms with E-state index >= 15 is 0 Å². The van der Waals surface area contributed by atoms with Gasteiger partial charge in [0.1, 0.15) is 0 Å². The van der Waals surface area contributed by atoms with Crippen molar-refractivity contribution in [1.29, 1.82) is 0 Å². The first kappa shape index (κ1) is 22.6. The monoisotopic (exact) mass is 480 g/mol. The fourth-order valence-electron chi connectivity index (χ4n) is 3.19. The van der Waals surface area contributed by atoms with Crippen LogP contribution in [0.15, 0.2) is 96.4 Å². The summed E-state index contributed by atoms with van der Waals surface area (Å²) in [6.07, 6.45) is 5.38. The number of para-hydroxylation sites is 1. The van der Waals surface area contributed by atoms with Crippen molar-refractivity contribution in [2.75, 3.05) is 4.72 Å². The molecule has 0 unspecified atom stereocenters. The third kappa shape index (κ3) is 5.79. The summed E-state index contributed by atoms with van der Waals surface area (Å²) >= 11 is 6.05. The van der Waals surface area contributed by atoms with Gasteiger partial charge < -0.3 is 9.88 Å². The molecule has 7 nitrogen and oxygen atoms in total. The van der Waals surface area contributed by atoms with E-state index in [1.165, 1.54) is 18.2 Å². The lowest BCUT2D eigenvalue weighted by Crippen LogP contribution is -2.23. The van der Waals surface area contributed by atoms with Crippen LogP contribution >= 0.6 is 11.6 Å². The summed E-state index contributed by atoms with van der Waals surface area (Å²) < 4.78 is 29.9. The van der Waals surface area contributed by atoms with E-state index in [1.54, 1.807) is 42.9 Å². The molecule has 0 aliphatic heterocycles. The van der Waals surface area contributed by atoms with Crippen LogP contribution in [-0.2, 0) is 23.1 Å². The minimum atomic E-state index is -3.91. The Morgan fingerprint density at radius 1 is 0.970 bits per heavy atom. The molecule has 1 amide bonds. The van der Waals surface area contributed by atoms with Crippen LogP contribution in [0.2, 0.25) is 5.02 Å². The number of amides is 1. The van der Waals surface area contributed by atoms with E-state index in [2.05, 4.69) is 15.0 Å². The van der Waals surface area contributed by atoms with E-state index in [9.17, 15) is 13.2 Å². The summed E-state index contributed by atoms with van der Waals surface area (Å²) in [5.41, 5.74) is 2.56. The predicted octanol–water partition coefficient (Wildman–Crippen LogP) is 4.32.